The topological polar surface area (TPSA) is 73.1 Å². The predicted octanol–water partition coefficient (Wildman–Crippen LogP) is 3.74. The Morgan fingerprint density at radius 3 is 2.14 bits per heavy atom. The first-order chi connectivity index (χ1) is 13.6. The summed E-state index contributed by atoms with van der Waals surface area (Å²) in [5.41, 5.74) is 2.99. The fraction of sp³-hybridized carbons (Fsp3) is 0.286. The van der Waals surface area contributed by atoms with Crippen LogP contribution in [0.15, 0.2) is 58.2 Å². The quantitative estimate of drug-likeness (QED) is 0.643. The third-order valence-corrected chi connectivity index (χ3v) is 6.62. The molecule has 0 aliphatic rings. The Balaban J connectivity index is 1.86. The van der Waals surface area contributed by atoms with Gasteiger partial charge in [0.2, 0.25) is 10.0 Å². The van der Waals surface area contributed by atoms with Gasteiger partial charge in [0.25, 0.3) is 5.56 Å². The van der Waals surface area contributed by atoms with Gasteiger partial charge in [0, 0.05) is 29.9 Å². The van der Waals surface area contributed by atoms with Crippen LogP contribution in [0.25, 0.3) is 5.69 Å². The molecule has 1 aromatic heterocycles. The Morgan fingerprint density at radius 1 is 1.03 bits per heavy atom. The van der Waals surface area contributed by atoms with Crippen molar-refractivity contribution in [3.05, 3.63) is 80.7 Å². The van der Waals surface area contributed by atoms with Crippen molar-refractivity contribution >= 4 is 21.6 Å². The Labute approximate surface area is 175 Å². The van der Waals surface area contributed by atoms with E-state index in [4.69, 9.17) is 11.6 Å². The molecule has 29 heavy (non-hydrogen) atoms. The standard InChI is InChI=1S/C21H24ClN3O3S/c1-14(2)20-15(3)24(4)25(21(20)26)18-9-11-19(12-10-18)29(27,28)23-13-16-5-7-17(22)8-6-16/h5-12,14,23H,13H2,1-4H3. The highest BCUT2D eigenvalue weighted by atomic mass is 35.5. The number of hydrogen-bond acceptors (Lipinski definition) is 3. The number of aromatic nitrogens is 2. The van der Waals surface area contributed by atoms with Crippen LogP contribution in [0.1, 0.15) is 36.6 Å². The van der Waals surface area contributed by atoms with Gasteiger partial charge in [-0.15, -0.1) is 0 Å². The van der Waals surface area contributed by atoms with E-state index in [0.717, 1.165) is 16.8 Å². The van der Waals surface area contributed by atoms with Crippen molar-refractivity contribution in [3.63, 3.8) is 0 Å². The first-order valence-electron chi connectivity index (χ1n) is 9.25. The van der Waals surface area contributed by atoms with Gasteiger partial charge in [-0.1, -0.05) is 37.6 Å². The number of benzene rings is 2. The van der Waals surface area contributed by atoms with Crippen LogP contribution in [0, 0.1) is 6.92 Å². The van der Waals surface area contributed by atoms with Crippen molar-refractivity contribution < 1.29 is 8.42 Å². The smallest absolute Gasteiger partial charge is 0.275 e. The molecule has 0 radical (unpaired) electrons. The van der Waals surface area contributed by atoms with Crippen LogP contribution in [0.5, 0.6) is 0 Å². The summed E-state index contributed by atoms with van der Waals surface area (Å²) in [6.45, 7) is 6.04. The molecule has 3 rings (SSSR count). The summed E-state index contributed by atoms with van der Waals surface area (Å²) < 4.78 is 31.1. The van der Waals surface area contributed by atoms with Gasteiger partial charge >= 0.3 is 0 Å². The molecule has 0 spiro atoms. The van der Waals surface area contributed by atoms with E-state index in [1.165, 1.54) is 12.1 Å². The minimum Gasteiger partial charge on any atom is -0.285 e. The monoisotopic (exact) mass is 433 g/mol. The summed E-state index contributed by atoms with van der Waals surface area (Å²) in [6.07, 6.45) is 0. The highest BCUT2D eigenvalue weighted by molar-refractivity contribution is 7.89. The average molecular weight is 434 g/mol. The van der Waals surface area contributed by atoms with Crippen LogP contribution in [-0.4, -0.2) is 17.8 Å². The van der Waals surface area contributed by atoms with E-state index in [9.17, 15) is 13.2 Å². The van der Waals surface area contributed by atoms with Crippen molar-refractivity contribution in [2.45, 2.75) is 38.1 Å². The summed E-state index contributed by atoms with van der Waals surface area (Å²) in [5.74, 6) is 0.103. The summed E-state index contributed by atoms with van der Waals surface area (Å²) in [7, 11) is -1.86. The second kappa shape index (κ2) is 8.18. The van der Waals surface area contributed by atoms with Crippen LogP contribution in [0.3, 0.4) is 0 Å². The fourth-order valence-electron chi connectivity index (χ4n) is 3.32. The minimum atomic E-state index is -3.68. The van der Waals surface area contributed by atoms with Crippen LogP contribution in [0.4, 0.5) is 0 Å². The molecule has 0 fully saturated rings. The molecular weight excluding hydrogens is 410 g/mol. The molecule has 0 amide bonds. The Bertz CT molecular complexity index is 1180. The number of sulfonamides is 1. The Kier molecular flexibility index (Phi) is 6.03. The number of hydrogen-bond donors (Lipinski definition) is 1. The summed E-state index contributed by atoms with van der Waals surface area (Å²) >= 11 is 5.85. The van der Waals surface area contributed by atoms with Crippen molar-refractivity contribution in [1.82, 2.24) is 14.1 Å². The molecule has 1 heterocycles. The third kappa shape index (κ3) is 4.32. The van der Waals surface area contributed by atoms with E-state index in [0.29, 0.717) is 10.7 Å². The highest BCUT2D eigenvalue weighted by Gasteiger charge is 2.19. The normalized spacial score (nSPS) is 11.9. The zero-order valence-corrected chi connectivity index (χ0v) is 18.4. The van der Waals surface area contributed by atoms with Gasteiger partial charge in [-0.25, -0.2) is 17.8 Å². The number of rotatable bonds is 6. The molecule has 0 bridgehead atoms. The minimum absolute atomic E-state index is 0.0866. The number of halogens is 1. The zero-order chi connectivity index (χ0) is 21.3. The number of nitrogens with one attached hydrogen (secondary N) is 1. The van der Waals surface area contributed by atoms with E-state index in [1.54, 1.807) is 45.8 Å². The lowest BCUT2D eigenvalue weighted by Crippen LogP contribution is -2.24. The van der Waals surface area contributed by atoms with Crippen molar-refractivity contribution in [1.29, 1.82) is 0 Å². The summed E-state index contributed by atoms with van der Waals surface area (Å²) in [6, 6.07) is 13.3. The molecule has 2 aromatic carbocycles. The van der Waals surface area contributed by atoms with Gasteiger partial charge in [-0.3, -0.25) is 9.48 Å². The van der Waals surface area contributed by atoms with E-state index in [2.05, 4.69) is 4.72 Å². The SMILES string of the molecule is Cc1c(C(C)C)c(=O)n(-c2ccc(S(=O)(=O)NCc3ccc(Cl)cc3)cc2)n1C. The van der Waals surface area contributed by atoms with Gasteiger partial charge in [-0.2, -0.15) is 0 Å². The van der Waals surface area contributed by atoms with Gasteiger partial charge in [0.05, 0.1) is 10.6 Å². The first kappa shape index (κ1) is 21.4. The molecule has 0 atom stereocenters. The number of nitrogens with zero attached hydrogens (tertiary/aromatic N) is 2. The molecule has 0 saturated carbocycles. The van der Waals surface area contributed by atoms with Crippen molar-refractivity contribution in [2.24, 2.45) is 7.05 Å². The van der Waals surface area contributed by atoms with E-state index in [1.807, 2.05) is 27.8 Å². The van der Waals surface area contributed by atoms with Crippen LogP contribution >= 0.6 is 11.6 Å². The molecule has 3 aromatic rings. The maximum atomic E-state index is 12.8. The Morgan fingerprint density at radius 2 is 1.62 bits per heavy atom. The van der Waals surface area contributed by atoms with Gasteiger partial charge in [0.15, 0.2) is 0 Å². The van der Waals surface area contributed by atoms with E-state index in [-0.39, 0.29) is 22.9 Å². The summed E-state index contributed by atoms with van der Waals surface area (Å²) in [5, 5.41) is 0.596. The van der Waals surface area contributed by atoms with Gasteiger partial charge < -0.3 is 0 Å². The van der Waals surface area contributed by atoms with Crippen LogP contribution in [-0.2, 0) is 23.6 Å². The third-order valence-electron chi connectivity index (χ3n) is 4.95. The maximum absolute atomic E-state index is 12.8. The lowest BCUT2D eigenvalue weighted by atomic mass is 10.0. The lowest BCUT2D eigenvalue weighted by Gasteiger charge is -2.10. The molecule has 154 valence electrons. The lowest BCUT2D eigenvalue weighted by molar-refractivity contribution is 0.581. The first-order valence-corrected chi connectivity index (χ1v) is 11.1. The van der Waals surface area contributed by atoms with Crippen molar-refractivity contribution in [3.8, 4) is 5.69 Å². The molecule has 0 saturated heterocycles. The Hall–Kier alpha value is -2.35. The zero-order valence-electron chi connectivity index (χ0n) is 16.8. The van der Waals surface area contributed by atoms with E-state index >= 15 is 0 Å². The molecule has 0 aliphatic carbocycles. The van der Waals surface area contributed by atoms with E-state index < -0.39 is 10.0 Å². The summed E-state index contributed by atoms with van der Waals surface area (Å²) in [4.78, 5) is 13.0. The molecule has 0 aliphatic heterocycles. The molecule has 8 heteroatoms. The fourth-order valence-corrected chi connectivity index (χ4v) is 4.46. The molecule has 1 N–H and O–H groups in total. The highest BCUT2D eigenvalue weighted by Crippen LogP contribution is 2.19. The van der Waals surface area contributed by atoms with Gasteiger partial charge in [0.1, 0.15) is 0 Å². The second-order valence-electron chi connectivity index (χ2n) is 7.24. The maximum Gasteiger partial charge on any atom is 0.275 e. The molecule has 0 unspecified atom stereocenters. The van der Waals surface area contributed by atoms with Crippen molar-refractivity contribution in [2.75, 3.05) is 0 Å². The second-order valence-corrected chi connectivity index (χ2v) is 9.44. The van der Waals surface area contributed by atoms with Crippen LogP contribution in [0.2, 0.25) is 5.02 Å². The predicted molar refractivity (Wildman–Crippen MR) is 115 cm³/mol. The van der Waals surface area contributed by atoms with Gasteiger partial charge in [-0.05, 0) is 54.8 Å². The van der Waals surface area contributed by atoms with Crippen LogP contribution < -0.4 is 10.3 Å². The average Bonchev–Trinajstić information content (AvgIpc) is 2.90. The largest absolute Gasteiger partial charge is 0.285 e. The molecular formula is C21H24ClN3O3S. The molecule has 6 nitrogen and oxygen atoms in total.